The molecule has 1 amide bonds. The first kappa shape index (κ1) is 12.5. The van der Waals surface area contributed by atoms with Gasteiger partial charge in [0.05, 0.1) is 11.0 Å². The summed E-state index contributed by atoms with van der Waals surface area (Å²) < 4.78 is 0. The molecule has 2 aromatic rings. The highest BCUT2D eigenvalue weighted by Gasteiger charge is 1.99. The fourth-order valence-electron chi connectivity index (χ4n) is 1.81. The number of hydrogen-bond donors (Lipinski definition) is 1. The topological polar surface area (TPSA) is 54.9 Å². The van der Waals surface area contributed by atoms with E-state index in [0.29, 0.717) is 6.42 Å². The molecule has 1 aromatic heterocycles. The van der Waals surface area contributed by atoms with E-state index < -0.39 is 0 Å². The standard InChI is InChI=1S/C14H17N3O/c1-2-14(18)17-7-3-4-11-5-6-12-13(10-11)16-9-8-15-12/h5-6,8-10H,2-4,7H2,1H3,(H,17,18). The van der Waals surface area contributed by atoms with Gasteiger partial charge in [-0.25, -0.2) is 0 Å². The fraction of sp³-hybridized carbons (Fsp3) is 0.357. The van der Waals surface area contributed by atoms with Crippen LogP contribution in [0.1, 0.15) is 25.3 Å². The van der Waals surface area contributed by atoms with Crippen LogP contribution in [0.25, 0.3) is 11.0 Å². The highest BCUT2D eigenvalue weighted by Crippen LogP contribution is 2.12. The molecule has 1 N–H and O–H groups in total. The third kappa shape index (κ3) is 3.26. The van der Waals surface area contributed by atoms with Gasteiger partial charge in [0.15, 0.2) is 0 Å². The molecule has 2 rings (SSSR count). The van der Waals surface area contributed by atoms with E-state index >= 15 is 0 Å². The molecule has 4 heteroatoms. The molecule has 0 aliphatic carbocycles. The predicted octanol–water partition coefficient (Wildman–Crippen LogP) is 2.09. The van der Waals surface area contributed by atoms with Gasteiger partial charge in [0, 0.05) is 25.4 Å². The number of nitrogens with one attached hydrogen (secondary N) is 1. The van der Waals surface area contributed by atoms with Crippen LogP contribution in [0.2, 0.25) is 0 Å². The Hall–Kier alpha value is -1.97. The van der Waals surface area contributed by atoms with Crippen LogP contribution in [-0.4, -0.2) is 22.4 Å². The number of fused-ring (bicyclic) bond motifs is 1. The summed E-state index contributed by atoms with van der Waals surface area (Å²) in [7, 11) is 0. The zero-order valence-corrected chi connectivity index (χ0v) is 10.5. The van der Waals surface area contributed by atoms with Crippen LogP contribution >= 0.6 is 0 Å². The number of amides is 1. The van der Waals surface area contributed by atoms with Crippen molar-refractivity contribution in [2.75, 3.05) is 6.54 Å². The summed E-state index contributed by atoms with van der Waals surface area (Å²) in [6.07, 6.45) is 5.83. The van der Waals surface area contributed by atoms with Crippen molar-refractivity contribution in [3.05, 3.63) is 36.2 Å². The molecule has 0 saturated carbocycles. The minimum Gasteiger partial charge on any atom is -0.356 e. The van der Waals surface area contributed by atoms with E-state index in [1.807, 2.05) is 13.0 Å². The lowest BCUT2D eigenvalue weighted by atomic mass is 10.1. The van der Waals surface area contributed by atoms with Gasteiger partial charge < -0.3 is 5.32 Å². The van der Waals surface area contributed by atoms with E-state index in [1.165, 1.54) is 5.56 Å². The summed E-state index contributed by atoms with van der Waals surface area (Å²) in [5, 5.41) is 2.87. The molecule has 0 aliphatic rings. The zero-order valence-electron chi connectivity index (χ0n) is 10.5. The molecule has 0 bridgehead atoms. The van der Waals surface area contributed by atoms with E-state index in [4.69, 9.17) is 0 Å². The Morgan fingerprint density at radius 2 is 2.00 bits per heavy atom. The summed E-state index contributed by atoms with van der Waals surface area (Å²) in [5.41, 5.74) is 3.07. The van der Waals surface area contributed by atoms with Crippen molar-refractivity contribution in [1.82, 2.24) is 15.3 Å². The molecule has 0 unspecified atom stereocenters. The molecule has 1 heterocycles. The van der Waals surface area contributed by atoms with E-state index in [0.717, 1.165) is 30.4 Å². The fourth-order valence-corrected chi connectivity index (χ4v) is 1.81. The molecule has 0 aliphatic heterocycles. The van der Waals surface area contributed by atoms with Gasteiger partial charge in [-0.2, -0.15) is 0 Å². The molecule has 0 spiro atoms. The number of carbonyl (C=O) groups is 1. The van der Waals surface area contributed by atoms with Crippen LogP contribution in [0.4, 0.5) is 0 Å². The van der Waals surface area contributed by atoms with Crippen LogP contribution in [0, 0.1) is 0 Å². The van der Waals surface area contributed by atoms with Crippen molar-refractivity contribution in [1.29, 1.82) is 0 Å². The van der Waals surface area contributed by atoms with Crippen LogP contribution in [0.5, 0.6) is 0 Å². The maximum Gasteiger partial charge on any atom is 0.219 e. The molecule has 0 saturated heterocycles. The first-order chi connectivity index (χ1) is 8.79. The Labute approximate surface area is 106 Å². The van der Waals surface area contributed by atoms with Crippen molar-refractivity contribution < 1.29 is 4.79 Å². The van der Waals surface area contributed by atoms with Crippen LogP contribution < -0.4 is 5.32 Å². The number of benzene rings is 1. The van der Waals surface area contributed by atoms with Crippen molar-refractivity contribution in [3.63, 3.8) is 0 Å². The van der Waals surface area contributed by atoms with Gasteiger partial charge in [0.25, 0.3) is 0 Å². The molecular formula is C14H17N3O. The van der Waals surface area contributed by atoms with Gasteiger partial charge >= 0.3 is 0 Å². The Balaban J connectivity index is 1.90. The first-order valence-corrected chi connectivity index (χ1v) is 6.26. The van der Waals surface area contributed by atoms with Crippen molar-refractivity contribution in [2.45, 2.75) is 26.2 Å². The van der Waals surface area contributed by atoms with Gasteiger partial charge in [0.1, 0.15) is 0 Å². The van der Waals surface area contributed by atoms with Crippen LogP contribution in [0.3, 0.4) is 0 Å². The summed E-state index contributed by atoms with van der Waals surface area (Å²) in [5.74, 6) is 0.111. The molecule has 94 valence electrons. The molecule has 1 aromatic carbocycles. The first-order valence-electron chi connectivity index (χ1n) is 6.26. The highest BCUT2D eigenvalue weighted by atomic mass is 16.1. The van der Waals surface area contributed by atoms with Crippen molar-refractivity contribution in [2.24, 2.45) is 0 Å². The average molecular weight is 243 g/mol. The minimum absolute atomic E-state index is 0.111. The summed E-state index contributed by atoms with van der Waals surface area (Å²) in [4.78, 5) is 19.6. The van der Waals surface area contributed by atoms with Crippen LogP contribution in [0.15, 0.2) is 30.6 Å². The number of carbonyl (C=O) groups excluding carboxylic acids is 1. The second-order valence-electron chi connectivity index (χ2n) is 4.19. The largest absolute Gasteiger partial charge is 0.356 e. The number of aromatic nitrogens is 2. The molecule has 4 nitrogen and oxygen atoms in total. The number of rotatable bonds is 5. The van der Waals surface area contributed by atoms with Crippen LogP contribution in [-0.2, 0) is 11.2 Å². The number of hydrogen-bond acceptors (Lipinski definition) is 3. The summed E-state index contributed by atoms with van der Waals surface area (Å²) >= 11 is 0. The lowest BCUT2D eigenvalue weighted by Crippen LogP contribution is -2.23. The van der Waals surface area contributed by atoms with Crippen molar-refractivity contribution >= 4 is 16.9 Å². The Morgan fingerprint density at radius 3 is 2.78 bits per heavy atom. The maximum absolute atomic E-state index is 11.1. The molecule has 0 atom stereocenters. The molecule has 0 radical (unpaired) electrons. The Kier molecular flexibility index (Phi) is 4.23. The lowest BCUT2D eigenvalue weighted by Gasteiger charge is -2.04. The normalized spacial score (nSPS) is 10.5. The molecular weight excluding hydrogens is 226 g/mol. The third-order valence-corrected chi connectivity index (χ3v) is 2.82. The van der Waals surface area contributed by atoms with E-state index in [9.17, 15) is 4.79 Å². The Bertz CT molecular complexity index is 539. The number of aryl methyl sites for hydroxylation is 1. The van der Waals surface area contributed by atoms with E-state index in [2.05, 4.69) is 27.4 Å². The second kappa shape index (κ2) is 6.10. The lowest BCUT2D eigenvalue weighted by molar-refractivity contribution is -0.120. The summed E-state index contributed by atoms with van der Waals surface area (Å²) in [6, 6.07) is 6.12. The monoisotopic (exact) mass is 243 g/mol. The average Bonchev–Trinajstić information content (AvgIpc) is 2.43. The smallest absolute Gasteiger partial charge is 0.219 e. The molecule has 18 heavy (non-hydrogen) atoms. The third-order valence-electron chi connectivity index (χ3n) is 2.82. The van der Waals surface area contributed by atoms with Gasteiger partial charge in [-0.3, -0.25) is 14.8 Å². The quantitative estimate of drug-likeness (QED) is 0.818. The maximum atomic E-state index is 11.1. The van der Waals surface area contributed by atoms with Gasteiger partial charge in [-0.05, 0) is 30.5 Å². The van der Waals surface area contributed by atoms with Gasteiger partial charge in [-0.1, -0.05) is 13.0 Å². The molecule has 0 fully saturated rings. The number of nitrogens with zero attached hydrogens (tertiary/aromatic N) is 2. The predicted molar refractivity (Wildman–Crippen MR) is 71.2 cm³/mol. The Morgan fingerprint density at radius 1 is 1.22 bits per heavy atom. The minimum atomic E-state index is 0.111. The summed E-state index contributed by atoms with van der Waals surface area (Å²) in [6.45, 7) is 2.59. The van der Waals surface area contributed by atoms with Gasteiger partial charge in [0.2, 0.25) is 5.91 Å². The zero-order chi connectivity index (χ0) is 12.8. The second-order valence-corrected chi connectivity index (χ2v) is 4.19. The highest BCUT2D eigenvalue weighted by molar-refractivity contribution is 5.75. The van der Waals surface area contributed by atoms with E-state index in [-0.39, 0.29) is 5.91 Å². The SMILES string of the molecule is CCC(=O)NCCCc1ccc2nccnc2c1. The van der Waals surface area contributed by atoms with E-state index in [1.54, 1.807) is 12.4 Å². The van der Waals surface area contributed by atoms with Gasteiger partial charge in [-0.15, -0.1) is 0 Å². The van der Waals surface area contributed by atoms with Crippen molar-refractivity contribution in [3.8, 4) is 0 Å².